The van der Waals surface area contributed by atoms with Gasteiger partial charge in [0.2, 0.25) is 0 Å². The summed E-state index contributed by atoms with van der Waals surface area (Å²) in [6.45, 7) is 1.97. The van der Waals surface area contributed by atoms with Gasteiger partial charge >= 0.3 is 12.1 Å². The number of carbonyl (C=O) groups is 2. The van der Waals surface area contributed by atoms with E-state index in [-0.39, 0.29) is 37.2 Å². The monoisotopic (exact) mass is 538 g/mol. The van der Waals surface area contributed by atoms with Crippen LogP contribution in [0.2, 0.25) is 5.02 Å². The summed E-state index contributed by atoms with van der Waals surface area (Å²) in [4.78, 5) is 26.0. The predicted molar refractivity (Wildman–Crippen MR) is 144 cm³/mol. The second kappa shape index (κ2) is 15.4. The summed E-state index contributed by atoms with van der Waals surface area (Å²) in [5.74, 6) is 0.557. The van der Waals surface area contributed by atoms with Crippen LogP contribution in [-0.2, 0) is 4.74 Å². The zero-order valence-corrected chi connectivity index (χ0v) is 22.6. The first kappa shape index (κ1) is 29.5. The SMILES string of the molecule is CNCC(O)C(CC1CCCCC1)NC(=O)N1CCC[C@@H]([C@@H](OCCNC(=O)O)c2cccc(Cl)c2)C1. The molecule has 208 valence electrons. The third-order valence-electron chi connectivity index (χ3n) is 7.52. The number of urea groups is 1. The zero-order valence-electron chi connectivity index (χ0n) is 21.8. The largest absolute Gasteiger partial charge is 0.465 e. The standard InChI is InChI=1S/C27H43ClN4O5/c1-29-17-24(33)23(15-19-7-3-2-4-8-19)31-26(34)32-13-6-10-21(18-32)25(37-14-12-30-27(35)36)20-9-5-11-22(28)16-20/h5,9,11,16,19,21,23-25,29-30,33H,2-4,6-8,10,12-15,17-18H2,1H3,(H,31,34)(H,35,36)/t21-,23?,24?,25+/m1/s1. The molecule has 1 heterocycles. The van der Waals surface area contributed by atoms with Gasteiger partial charge in [-0.05, 0) is 49.9 Å². The summed E-state index contributed by atoms with van der Waals surface area (Å²) in [5.41, 5.74) is 0.912. The van der Waals surface area contributed by atoms with Crippen LogP contribution >= 0.6 is 11.6 Å². The molecule has 0 bridgehead atoms. The van der Waals surface area contributed by atoms with Crippen molar-refractivity contribution >= 4 is 23.7 Å². The van der Waals surface area contributed by atoms with Gasteiger partial charge in [0.15, 0.2) is 0 Å². The number of piperidine rings is 1. The van der Waals surface area contributed by atoms with Crippen molar-refractivity contribution in [2.45, 2.75) is 69.6 Å². The number of nitrogens with zero attached hydrogens (tertiary/aromatic N) is 1. The number of hydrogen-bond acceptors (Lipinski definition) is 5. The molecule has 1 saturated heterocycles. The molecule has 0 aromatic heterocycles. The number of nitrogens with one attached hydrogen (secondary N) is 3. The molecule has 0 radical (unpaired) electrons. The quantitative estimate of drug-likeness (QED) is 0.256. The number of amides is 3. The number of carbonyl (C=O) groups excluding carboxylic acids is 1. The highest BCUT2D eigenvalue weighted by Crippen LogP contribution is 2.34. The second-order valence-corrected chi connectivity index (χ2v) is 10.8. The first-order valence-electron chi connectivity index (χ1n) is 13.6. The van der Waals surface area contributed by atoms with E-state index < -0.39 is 12.2 Å². The number of ether oxygens (including phenoxy) is 1. The number of likely N-dealkylation sites (N-methyl/N-ethyl adjacent to an activating group) is 1. The lowest BCUT2D eigenvalue weighted by Gasteiger charge is -2.38. The molecule has 1 aromatic carbocycles. The second-order valence-electron chi connectivity index (χ2n) is 10.3. The van der Waals surface area contributed by atoms with Crippen molar-refractivity contribution in [1.82, 2.24) is 20.9 Å². The average molecular weight is 539 g/mol. The third kappa shape index (κ3) is 9.63. The lowest BCUT2D eigenvalue weighted by molar-refractivity contribution is -0.00891. The fourth-order valence-electron chi connectivity index (χ4n) is 5.67. The normalized spacial score (nSPS) is 21.2. The Morgan fingerprint density at radius 1 is 1.19 bits per heavy atom. The highest BCUT2D eigenvalue weighted by Gasteiger charge is 2.33. The van der Waals surface area contributed by atoms with Gasteiger partial charge < -0.3 is 35.8 Å². The maximum atomic E-state index is 13.4. The molecule has 1 aliphatic heterocycles. The van der Waals surface area contributed by atoms with E-state index in [1.165, 1.54) is 19.3 Å². The van der Waals surface area contributed by atoms with Gasteiger partial charge in [-0.25, -0.2) is 9.59 Å². The van der Waals surface area contributed by atoms with Crippen molar-refractivity contribution in [3.8, 4) is 0 Å². The topological polar surface area (TPSA) is 123 Å². The summed E-state index contributed by atoms with van der Waals surface area (Å²) < 4.78 is 6.16. The van der Waals surface area contributed by atoms with E-state index in [0.29, 0.717) is 30.6 Å². The van der Waals surface area contributed by atoms with E-state index in [1.807, 2.05) is 23.1 Å². The maximum Gasteiger partial charge on any atom is 0.404 e. The molecule has 3 amide bonds. The summed E-state index contributed by atoms with van der Waals surface area (Å²) in [5, 5.41) is 28.8. The Morgan fingerprint density at radius 3 is 2.68 bits per heavy atom. The smallest absolute Gasteiger partial charge is 0.404 e. The van der Waals surface area contributed by atoms with Crippen LogP contribution in [0.3, 0.4) is 0 Å². The van der Waals surface area contributed by atoms with Gasteiger partial charge in [0, 0.05) is 37.1 Å². The minimum Gasteiger partial charge on any atom is -0.465 e. The molecule has 9 nitrogen and oxygen atoms in total. The molecular weight excluding hydrogens is 496 g/mol. The van der Waals surface area contributed by atoms with E-state index in [9.17, 15) is 14.7 Å². The Labute approximate surface area is 225 Å². The minimum absolute atomic E-state index is 0.0295. The fourth-order valence-corrected chi connectivity index (χ4v) is 5.87. The Kier molecular flexibility index (Phi) is 12.2. The average Bonchev–Trinajstić information content (AvgIpc) is 2.89. The van der Waals surface area contributed by atoms with E-state index >= 15 is 0 Å². The van der Waals surface area contributed by atoms with Crippen LogP contribution in [0.5, 0.6) is 0 Å². The van der Waals surface area contributed by atoms with Crippen molar-refractivity contribution in [1.29, 1.82) is 0 Å². The van der Waals surface area contributed by atoms with Gasteiger partial charge in [-0.3, -0.25) is 0 Å². The number of aliphatic hydroxyl groups excluding tert-OH is 1. The molecular formula is C27H43ClN4O5. The van der Waals surface area contributed by atoms with Gasteiger partial charge in [-0.15, -0.1) is 0 Å². The van der Waals surface area contributed by atoms with Crippen LogP contribution in [-0.4, -0.2) is 79.2 Å². The minimum atomic E-state index is -1.09. The van der Waals surface area contributed by atoms with Gasteiger partial charge in [-0.2, -0.15) is 0 Å². The van der Waals surface area contributed by atoms with Crippen molar-refractivity contribution in [2.75, 3.05) is 39.8 Å². The number of rotatable bonds is 12. The number of hydrogen-bond donors (Lipinski definition) is 5. The van der Waals surface area contributed by atoms with E-state index in [1.54, 1.807) is 13.1 Å². The summed E-state index contributed by atoms with van der Waals surface area (Å²) >= 11 is 6.25. The Balaban J connectivity index is 1.66. The number of likely N-dealkylation sites (tertiary alicyclic amines) is 1. The van der Waals surface area contributed by atoms with Crippen LogP contribution in [0, 0.1) is 11.8 Å². The third-order valence-corrected chi connectivity index (χ3v) is 7.76. The summed E-state index contributed by atoms with van der Waals surface area (Å²) in [6, 6.07) is 7.04. The molecule has 1 aromatic rings. The molecule has 2 aliphatic rings. The van der Waals surface area contributed by atoms with E-state index in [2.05, 4.69) is 16.0 Å². The highest BCUT2D eigenvalue weighted by molar-refractivity contribution is 6.30. The fraction of sp³-hybridized carbons (Fsp3) is 0.704. The highest BCUT2D eigenvalue weighted by atomic mass is 35.5. The molecule has 0 spiro atoms. The molecule has 5 N–H and O–H groups in total. The zero-order chi connectivity index (χ0) is 26.6. The first-order valence-corrected chi connectivity index (χ1v) is 14.0. The number of benzene rings is 1. The molecule has 10 heteroatoms. The van der Waals surface area contributed by atoms with Crippen molar-refractivity contribution in [3.05, 3.63) is 34.9 Å². The van der Waals surface area contributed by atoms with Gasteiger partial charge in [0.05, 0.1) is 24.9 Å². The van der Waals surface area contributed by atoms with Crippen LogP contribution in [0.1, 0.15) is 63.0 Å². The Hall–Kier alpha value is -2.07. The molecule has 4 atom stereocenters. The molecule has 1 saturated carbocycles. The van der Waals surface area contributed by atoms with Gasteiger partial charge in [-0.1, -0.05) is 55.8 Å². The Morgan fingerprint density at radius 2 is 1.97 bits per heavy atom. The van der Waals surface area contributed by atoms with Crippen LogP contribution in [0.15, 0.2) is 24.3 Å². The molecule has 37 heavy (non-hydrogen) atoms. The molecule has 2 fully saturated rings. The lowest BCUT2D eigenvalue weighted by atomic mass is 9.83. The first-order chi connectivity index (χ1) is 17.9. The van der Waals surface area contributed by atoms with Crippen molar-refractivity contribution < 1.29 is 24.5 Å². The van der Waals surface area contributed by atoms with Gasteiger partial charge in [0.1, 0.15) is 0 Å². The van der Waals surface area contributed by atoms with Crippen LogP contribution in [0.25, 0.3) is 0 Å². The van der Waals surface area contributed by atoms with Crippen LogP contribution < -0.4 is 16.0 Å². The summed E-state index contributed by atoms with van der Waals surface area (Å²) in [7, 11) is 1.81. The maximum absolute atomic E-state index is 13.4. The van der Waals surface area contributed by atoms with Crippen molar-refractivity contribution in [2.24, 2.45) is 11.8 Å². The molecule has 1 aliphatic carbocycles. The number of halogens is 1. The predicted octanol–water partition coefficient (Wildman–Crippen LogP) is 4.01. The summed E-state index contributed by atoms with van der Waals surface area (Å²) in [6.07, 6.45) is 6.44. The van der Waals surface area contributed by atoms with Gasteiger partial charge in [0.25, 0.3) is 0 Å². The van der Waals surface area contributed by atoms with E-state index in [0.717, 1.165) is 37.7 Å². The van der Waals surface area contributed by atoms with Crippen LogP contribution in [0.4, 0.5) is 9.59 Å². The van der Waals surface area contributed by atoms with E-state index in [4.69, 9.17) is 21.4 Å². The Bertz CT molecular complexity index is 854. The lowest BCUT2D eigenvalue weighted by Crippen LogP contribution is -2.54. The number of carboxylic acid groups (broad SMARTS) is 1. The van der Waals surface area contributed by atoms with Crippen molar-refractivity contribution in [3.63, 3.8) is 0 Å². The molecule has 2 unspecified atom stereocenters. The number of aliphatic hydroxyl groups is 1. The molecule has 3 rings (SSSR count).